The number of nitro groups is 1. The predicted molar refractivity (Wildman–Crippen MR) is 122 cm³/mol. The van der Waals surface area contributed by atoms with Crippen molar-refractivity contribution in [2.45, 2.75) is 20.0 Å². The van der Waals surface area contributed by atoms with Crippen molar-refractivity contribution in [1.82, 2.24) is 5.32 Å². The van der Waals surface area contributed by atoms with Gasteiger partial charge in [-0.3, -0.25) is 20.2 Å². The van der Waals surface area contributed by atoms with Crippen LogP contribution in [-0.2, 0) is 4.74 Å². The van der Waals surface area contributed by atoms with E-state index in [9.17, 15) is 14.9 Å². The van der Waals surface area contributed by atoms with Crippen molar-refractivity contribution in [3.63, 3.8) is 0 Å². The summed E-state index contributed by atoms with van der Waals surface area (Å²) in [5.41, 5.74) is 1.28. The summed E-state index contributed by atoms with van der Waals surface area (Å²) in [5, 5.41) is 17.0. The first-order valence-electron chi connectivity index (χ1n) is 9.83. The zero-order valence-electron chi connectivity index (χ0n) is 17.3. The molecule has 1 aliphatic heterocycles. The van der Waals surface area contributed by atoms with Crippen molar-refractivity contribution in [3.8, 4) is 5.75 Å². The molecule has 0 radical (unpaired) electrons. The van der Waals surface area contributed by atoms with Crippen LogP contribution in [0.2, 0.25) is 0 Å². The third-order valence-corrected chi connectivity index (χ3v) is 4.68. The lowest BCUT2D eigenvalue weighted by Crippen LogP contribution is -2.36. The molecule has 2 N–H and O–H groups in total. The molecular formula is C21H24N4O5S. The second-order valence-corrected chi connectivity index (χ2v) is 7.57. The van der Waals surface area contributed by atoms with Gasteiger partial charge in [0.25, 0.3) is 11.6 Å². The highest BCUT2D eigenvalue weighted by Crippen LogP contribution is 2.31. The van der Waals surface area contributed by atoms with Crippen LogP contribution in [0.4, 0.5) is 17.1 Å². The smallest absolute Gasteiger partial charge is 0.294 e. The minimum atomic E-state index is -0.433. The normalized spacial score (nSPS) is 13.6. The molecule has 1 saturated heterocycles. The van der Waals surface area contributed by atoms with E-state index in [0.29, 0.717) is 49.0 Å². The van der Waals surface area contributed by atoms with Crippen LogP contribution in [0.3, 0.4) is 0 Å². The Hall–Kier alpha value is -3.24. The molecule has 1 heterocycles. The van der Waals surface area contributed by atoms with Crippen molar-refractivity contribution in [1.29, 1.82) is 0 Å². The van der Waals surface area contributed by atoms with Gasteiger partial charge in [0.05, 0.1) is 24.2 Å². The van der Waals surface area contributed by atoms with Crippen molar-refractivity contribution < 1.29 is 19.2 Å². The van der Waals surface area contributed by atoms with E-state index in [1.807, 2.05) is 18.7 Å². The van der Waals surface area contributed by atoms with Crippen LogP contribution >= 0.6 is 12.2 Å². The summed E-state index contributed by atoms with van der Waals surface area (Å²) in [6.07, 6.45) is -0.0164. The molecule has 0 aromatic heterocycles. The van der Waals surface area contributed by atoms with E-state index < -0.39 is 10.8 Å². The highest BCUT2D eigenvalue weighted by atomic mass is 32.1. The number of nitro benzene ring substituents is 1. The molecule has 1 aliphatic rings. The van der Waals surface area contributed by atoms with Gasteiger partial charge in [-0.25, -0.2) is 0 Å². The number of morpholine rings is 1. The average Bonchev–Trinajstić information content (AvgIpc) is 2.74. The predicted octanol–water partition coefficient (Wildman–Crippen LogP) is 3.35. The number of anilines is 2. The Morgan fingerprint density at radius 2 is 1.97 bits per heavy atom. The fourth-order valence-electron chi connectivity index (χ4n) is 3.14. The number of amides is 1. The summed E-state index contributed by atoms with van der Waals surface area (Å²) in [7, 11) is 0. The highest BCUT2D eigenvalue weighted by Gasteiger charge is 2.22. The minimum absolute atomic E-state index is 0.0164. The number of carbonyl (C=O) groups excluding carboxylic acids is 1. The third-order valence-electron chi connectivity index (χ3n) is 4.48. The SMILES string of the molecule is CC(C)Oc1cccc(C(=O)NC(=S)Nc2ccc(N3CCOCC3)c([N+](=O)[O-])c2)c1. The van der Waals surface area contributed by atoms with E-state index in [0.717, 1.165) is 0 Å². The molecule has 31 heavy (non-hydrogen) atoms. The molecule has 2 aromatic carbocycles. The molecule has 164 valence electrons. The number of ether oxygens (including phenoxy) is 2. The molecule has 0 bridgehead atoms. The van der Waals surface area contributed by atoms with Crippen LogP contribution in [0.5, 0.6) is 5.75 Å². The quantitative estimate of drug-likeness (QED) is 0.397. The summed E-state index contributed by atoms with van der Waals surface area (Å²) < 4.78 is 10.9. The van der Waals surface area contributed by atoms with Crippen molar-refractivity contribution in [2.75, 3.05) is 36.5 Å². The maximum atomic E-state index is 12.5. The maximum Gasteiger partial charge on any atom is 0.294 e. The lowest BCUT2D eigenvalue weighted by atomic mass is 10.2. The Bertz CT molecular complexity index is 976. The van der Waals surface area contributed by atoms with Crippen LogP contribution in [0.1, 0.15) is 24.2 Å². The Balaban J connectivity index is 1.68. The van der Waals surface area contributed by atoms with E-state index in [2.05, 4.69) is 10.6 Å². The van der Waals surface area contributed by atoms with E-state index in [1.165, 1.54) is 6.07 Å². The van der Waals surface area contributed by atoms with E-state index in [4.69, 9.17) is 21.7 Å². The molecule has 0 spiro atoms. The van der Waals surface area contributed by atoms with Gasteiger partial charge >= 0.3 is 0 Å². The third kappa shape index (κ3) is 6.12. The van der Waals surface area contributed by atoms with Gasteiger partial charge in [-0.15, -0.1) is 0 Å². The fourth-order valence-corrected chi connectivity index (χ4v) is 3.35. The number of nitrogens with zero attached hydrogens (tertiary/aromatic N) is 2. The number of thiocarbonyl (C=S) groups is 1. The van der Waals surface area contributed by atoms with Gasteiger partial charge in [0.1, 0.15) is 11.4 Å². The number of rotatable bonds is 6. The molecular weight excluding hydrogens is 420 g/mol. The zero-order valence-corrected chi connectivity index (χ0v) is 18.1. The average molecular weight is 445 g/mol. The fraction of sp³-hybridized carbons (Fsp3) is 0.333. The molecule has 3 rings (SSSR count). The molecule has 10 heteroatoms. The summed E-state index contributed by atoms with van der Waals surface area (Å²) in [5.74, 6) is 0.169. The summed E-state index contributed by atoms with van der Waals surface area (Å²) in [6, 6.07) is 11.5. The largest absolute Gasteiger partial charge is 0.491 e. The van der Waals surface area contributed by atoms with Crippen LogP contribution in [0.15, 0.2) is 42.5 Å². The molecule has 0 aliphatic carbocycles. The van der Waals surface area contributed by atoms with Gasteiger partial charge in [0.2, 0.25) is 0 Å². The van der Waals surface area contributed by atoms with E-state index in [1.54, 1.807) is 36.4 Å². The molecule has 9 nitrogen and oxygen atoms in total. The Kier molecular flexibility index (Phi) is 7.37. The first-order chi connectivity index (χ1) is 14.8. The van der Waals surface area contributed by atoms with Gasteiger partial charge in [-0.2, -0.15) is 0 Å². The van der Waals surface area contributed by atoms with Gasteiger partial charge in [0.15, 0.2) is 5.11 Å². The standard InChI is InChI=1S/C21H24N4O5S/c1-14(2)30-17-5-3-4-15(12-17)20(26)23-21(31)22-16-6-7-18(19(13-16)25(27)28)24-8-10-29-11-9-24/h3-7,12-14H,8-11H2,1-2H3,(H2,22,23,26,31). The Labute approximate surface area is 185 Å². The van der Waals surface area contributed by atoms with E-state index >= 15 is 0 Å². The maximum absolute atomic E-state index is 12.5. The van der Waals surface area contributed by atoms with E-state index in [-0.39, 0.29) is 16.9 Å². The monoisotopic (exact) mass is 444 g/mol. The number of carbonyl (C=O) groups is 1. The van der Waals surface area contributed by atoms with Crippen LogP contribution in [-0.4, -0.2) is 48.4 Å². The Morgan fingerprint density at radius 3 is 2.65 bits per heavy atom. The Morgan fingerprint density at radius 1 is 1.23 bits per heavy atom. The second kappa shape index (κ2) is 10.2. The van der Waals surface area contributed by atoms with Gasteiger partial charge in [0, 0.05) is 30.4 Å². The number of benzene rings is 2. The van der Waals surface area contributed by atoms with Crippen LogP contribution in [0, 0.1) is 10.1 Å². The molecule has 2 aromatic rings. The number of nitrogens with one attached hydrogen (secondary N) is 2. The van der Waals surface area contributed by atoms with Gasteiger partial charge in [-0.1, -0.05) is 6.07 Å². The molecule has 0 saturated carbocycles. The summed E-state index contributed by atoms with van der Waals surface area (Å²) in [6.45, 7) is 6.02. The van der Waals surface area contributed by atoms with Gasteiger partial charge in [-0.05, 0) is 56.4 Å². The second-order valence-electron chi connectivity index (χ2n) is 7.16. The number of hydrogen-bond donors (Lipinski definition) is 2. The number of hydrogen-bond acceptors (Lipinski definition) is 7. The van der Waals surface area contributed by atoms with Crippen molar-refractivity contribution in [3.05, 3.63) is 58.1 Å². The van der Waals surface area contributed by atoms with Crippen molar-refractivity contribution >= 4 is 40.3 Å². The lowest BCUT2D eigenvalue weighted by Gasteiger charge is -2.28. The summed E-state index contributed by atoms with van der Waals surface area (Å²) in [4.78, 5) is 25.6. The van der Waals surface area contributed by atoms with Crippen molar-refractivity contribution in [2.24, 2.45) is 0 Å². The van der Waals surface area contributed by atoms with Crippen LogP contribution < -0.4 is 20.3 Å². The highest BCUT2D eigenvalue weighted by molar-refractivity contribution is 7.80. The molecule has 1 amide bonds. The van der Waals surface area contributed by atoms with Crippen LogP contribution in [0.25, 0.3) is 0 Å². The lowest BCUT2D eigenvalue weighted by molar-refractivity contribution is -0.384. The first-order valence-corrected chi connectivity index (χ1v) is 10.2. The molecule has 0 atom stereocenters. The minimum Gasteiger partial charge on any atom is -0.491 e. The molecule has 0 unspecified atom stereocenters. The van der Waals surface area contributed by atoms with Gasteiger partial charge < -0.3 is 19.7 Å². The topological polar surface area (TPSA) is 106 Å². The zero-order chi connectivity index (χ0) is 22.4. The summed E-state index contributed by atoms with van der Waals surface area (Å²) >= 11 is 5.21. The molecule has 1 fully saturated rings. The first kappa shape index (κ1) is 22.4.